The third-order valence-electron chi connectivity index (χ3n) is 3.68. The SMILES string of the molecule is CC(C)CN(CCC(=O)O)C(=O)c1cc2c(s1)CCCC2. The van der Waals surface area contributed by atoms with Gasteiger partial charge in [-0.15, -0.1) is 11.3 Å². The number of hydrogen-bond acceptors (Lipinski definition) is 3. The van der Waals surface area contributed by atoms with E-state index in [1.165, 1.54) is 23.3 Å². The van der Waals surface area contributed by atoms with Gasteiger partial charge in [0.15, 0.2) is 0 Å². The Morgan fingerprint density at radius 2 is 2.05 bits per heavy atom. The molecule has 21 heavy (non-hydrogen) atoms. The van der Waals surface area contributed by atoms with Crippen LogP contribution in [0.5, 0.6) is 0 Å². The van der Waals surface area contributed by atoms with Gasteiger partial charge in [0, 0.05) is 18.0 Å². The van der Waals surface area contributed by atoms with Crippen molar-refractivity contribution in [1.29, 1.82) is 0 Å². The standard InChI is InChI=1S/C16H23NO3S/c1-11(2)10-17(8-7-15(18)19)16(20)14-9-12-5-3-4-6-13(12)21-14/h9,11H,3-8,10H2,1-2H3,(H,18,19). The zero-order chi connectivity index (χ0) is 15.4. The van der Waals surface area contributed by atoms with Crippen molar-refractivity contribution in [3.63, 3.8) is 0 Å². The summed E-state index contributed by atoms with van der Waals surface area (Å²) in [7, 11) is 0. The summed E-state index contributed by atoms with van der Waals surface area (Å²) in [5, 5.41) is 8.85. The lowest BCUT2D eigenvalue weighted by atomic mass is 9.99. The highest BCUT2D eigenvalue weighted by atomic mass is 32.1. The Hall–Kier alpha value is -1.36. The van der Waals surface area contributed by atoms with Crippen LogP contribution in [0.25, 0.3) is 0 Å². The number of fused-ring (bicyclic) bond motifs is 1. The number of carboxylic acid groups (broad SMARTS) is 1. The van der Waals surface area contributed by atoms with E-state index >= 15 is 0 Å². The fourth-order valence-corrected chi connectivity index (χ4v) is 3.92. The Balaban J connectivity index is 2.12. The second kappa shape index (κ2) is 7.07. The minimum atomic E-state index is -0.859. The lowest BCUT2D eigenvalue weighted by Gasteiger charge is -2.23. The number of aryl methyl sites for hydroxylation is 2. The lowest BCUT2D eigenvalue weighted by Crippen LogP contribution is -2.35. The molecule has 5 heteroatoms. The first-order valence-corrected chi connectivity index (χ1v) is 8.41. The van der Waals surface area contributed by atoms with E-state index < -0.39 is 5.97 Å². The number of nitrogens with zero attached hydrogens (tertiary/aromatic N) is 1. The van der Waals surface area contributed by atoms with Crippen LogP contribution in [0.1, 0.15) is 53.2 Å². The minimum Gasteiger partial charge on any atom is -0.481 e. The summed E-state index contributed by atoms with van der Waals surface area (Å²) in [5.74, 6) is -0.538. The number of carboxylic acids is 1. The fraction of sp³-hybridized carbons (Fsp3) is 0.625. The number of amides is 1. The third kappa shape index (κ3) is 4.30. The number of carbonyl (C=O) groups excluding carboxylic acids is 1. The second-order valence-electron chi connectivity index (χ2n) is 6.05. The summed E-state index contributed by atoms with van der Waals surface area (Å²) in [6, 6.07) is 2.02. The van der Waals surface area contributed by atoms with Crippen molar-refractivity contribution in [2.45, 2.75) is 46.0 Å². The van der Waals surface area contributed by atoms with E-state index in [1.807, 2.05) is 19.9 Å². The van der Waals surface area contributed by atoms with Crippen LogP contribution in [-0.4, -0.2) is 35.0 Å². The molecule has 1 aliphatic rings. The van der Waals surface area contributed by atoms with Gasteiger partial charge in [-0.25, -0.2) is 0 Å². The first-order chi connectivity index (χ1) is 9.97. The highest BCUT2D eigenvalue weighted by Gasteiger charge is 2.22. The molecule has 116 valence electrons. The van der Waals surface area contributed by atoms with Crippen molar-refractivity contribution < 1.29 is 14.7 Å². The zero-order valence-corrected chi connectivity index (χ0v) is 13.5. The van der Waals surface area contributed by atoms with Gasteiger partial charge in [0.25, 0.3) is 5.91 Å². The van der Waals surface area contributed by atoms with Crippen molar-refractivity contribution in [2.75, 3.05) is 13.1 Å². The Morgan fingerprint density at radius 3 is 2.67 bits per heavy atom. The second-order valence-corrected chi connectivity index (χ2v) is 7.19. The van der Waals surface area contributed by atoms with Crippen molar-refractivity contribution >= 4 is 23.2 Å². The number of hydrogen-bond donors (Lipinski definition) is 1. The van der Waals surface area contributed by atoms with Crippen molar-refractivity contribution in [1.82, 2.24) is 4.90 Å². The van der Waals surface area contributed by atoms with E-state index in [1.54, 1.807) is 16.2 Å². The first-order valence-electron chi connectivity index (χ1n) is 7.60. The van der Waals surface area contributed by atoms with Gasteiger partial charge in [-0.3, -0.25) is 9.59 Å². The third-order valence-corrected chi connectivity index (χ3v) is 4.90. The number of thiophene rings is 1. The summed E-state index contributed by atoms with van der Waals surface area (Å²) in [4.78, 5) is 27.2. The maximum atomic E-state index is 12.7. The maximum absolute atomic E-state index is 12.7. The molecule has 1 aliphatic carbocycles. The van der Waals surface area contributed by atoms with E-state index in [-0.39, 0.29) is 18.9 Å². The quantitative estimate of drug-likeness (QED) is 0.878. The van der Waals surface area contributed by atoms with Crippen LogP contribution >= 0.6 is 11.3 Å². The average molecular weight is 309 g/mol. The zero-order valence-electron chi connectivity index (χ0n) is 12.7. The predicted molar refractivity (Wildman–Crippen MR) is 84.0 cm³/mol. The Labute approximate surface area is 129 Å². The topological polar surface area (TPSA) is 57.6 Å². The molecule has 1 N–H and O–H groups in total. The molecule has 1 amide bonds. The highest BCUT2D eigenvalue weighted by Crippen LogP contribution is 2.30. The van der Waals surface area contributed by atoms with E-state index in [0.29, 0.717) is 12.5 Å². The molecule has 0 bridgehead atoms. The molecule has 0 unspecified atom stereocenters. The molecule has 2 rings (SSSR count). The summed E-state index contributed by atoms with van der Waals surface area (Å²) >= 11 is 1.59. The van der Waals surface area contributed by atoms with Crippen LogP contribution in [0, 0.1) is 5.92 Å². The van der Waals surface area contributed by atoms with E-state index in [2.05, 4.69) is 0 Å². The largest absolute Gasteiger partial charge is 0.481 e. The van der Waals surface area contributed by atoms with Gasteiger partial charge in [-0.05, 0) is 43.2 Å². The van der Waals surface area contributed by atoms with Gasteiger partial charge in [0.1, 0.15) is 0 Å². The molecule has 4 nitrogen and oxygen atoms in total. The molecule has 0 spiro atoms. The van der Waals surface area contributed by atoms with Gasteiger partial charge in [0.2, 0.25) is 0 Å². The van der Waals surface area contributed by atoms with Gasteiger partial charge in [-0.2, -0.15) is 0 Å². The van der Waals surface area contributed by atoms with Gasteiger partial charge in [-0.1, -0.05) is 13.8 Å². The maximum Gasteiger partial charge on any atom is 0.305 e. The molecular weight excluding hydrogens is 286 g/mol. The van der Waals surface area contributed by atoms with E-state index in [0.717, 1.165) is 17.7 Å². The lowest BCUT2D eigenvalue weighted by molar-refractivity contribution is -0.137. The monoisotopic (exact) mass is 309 g/mol. The summed E-state index contributed by atoms with van der Waals surface area (Å²) in [6.45, 7) is 4.98. The number of aliphatic carboxylic acids is 1. The summed E-state index contributed by atoms with van der Waals surface area (Å²) < 4.78 is 0. The fourth-order valence-electron chi connectivity index (χ4n) is 2.70. The first kappa shape index (κ1) is 16.0. The molecule has 0 fully saturated rings. The van der Waals surface area contributed by atoms with Crippen molar-refractivity contribution in [2.24, 2.45) is 5.92 Å². The van der Waals surface area contributed by atoms with E-state index in [9.17, 15) is 9.59 Å². The van der Waals surface area contributed by atoms with Gasteiger partial charge >= 0.3 is 5.97 Å². The van der Waals surface area contributed by atoms with Crippen LogP contribution < -0.4 is 0 Å². The number of rotatable bonds is 6. The predicted octanol–water partition coefficient (Wildman–Crippen LogP) is 3.20. The van der Waals surface area contributed by atoms with Gasteiger partial charge in [0.05, 0.1) is 11.3 Å². The molecule has 0 aliphatic heterocycles. The van der Waals surface area contributed by atoms with Crippen LogP contribution in [0.2, 0.25) is 0 Å². The van der Waals surface area contributed by atoms with Gasteiger partial charge < -0.3 is 10.0 Å². The highest BCUT2D eigenvalue weighted by molar-refractivity contribution is 7.14. The number of carbonyl (C=O) groups is 2. The summed E-state index contributed by atoms with van der Waals surface area (Å²) in [6.07, 6.45) is 4.55. The summed E-state index contributed by atoms with van der Waals surface area (Å²) in [5.41, 5.74) is 1.32. The minimum absolute atomic E-state index is 0.00352. The van der Waals surface area contributed by atoms with Crippen molar-refractivity contribution in [3.8, 4) is 0 Å². The van der Waals surface area contributed by atoms with Crippen molar-refractivity contribution in [3.05, 3.63) is 21.4 Å². The molecular formula is C16H23NO3S. The molecule has 0 saturated heterocycles. The molecule has 1 aromatic heterocycles. The average Bonchev–Trinajstić information content (AvgIpc) is 2.86. The Morgan fingerprint density at radius 1 is 1.33 bits per heavy atom. The molecule has 0 saturated carbocycles. The smallest absolute Gasteiger partial charge is 0.305 e. The molecule has 1 heterocycles. The van der Waals surface area contributed by atoms with E-state index in [4.69, 9.17) is 5.11 Å². The van der Waals surface area contributed by atoms with Crippen LogP contribution in [0.4, 0.5) is 0 Å². The molecule has 0 atom stereocenters. The normalized spacial score (nSPS) is 14.0. The van der Waals surface area contributed by atoms with Crippen LogP contribution in [0.15, 0.2) is 6.07 Å². The molecule has 1 aromatic rings. The Bertz CT molecular complexity index is 498. The molecule has 0 aromatic carbocycles. The molecule has 0 radical (unpaired) electrons. The van der Waals surface area contributed by atoms with Crippen LogP contribution in [-0.2, 0) is 17.6 Å². The Kier molecular flexibility index (Phi) is 5.39. The van der Waals surface area contributed by atoms with Crippen LogP contribution in [0.3, 0.4) is 0 Å².